The first kappa shape index (κ1) is 67.8. The van der Waals surface area contributed by atoms with Gasteiger partial charge in [0.15, 0.2) is 6.10 Å². The number of ether oxygens (including phenoxy) is 3. The second-order valence-corrected chi connectivity index (χ2v) is 19.1. The number of carbonyl (C=O) groups is 3. The third-order valence-corrected chi connectivity index (χ3v) is 12.2. The smallest absolute Gasteiger partial charge is 0.306 e. The van der Waals surface area contributed by atoms with Crippen LogP contribution < -0.4 is 0 Å². The standard InChI is InChI=1S/C66H108O6/c1-4-7-10-13-16-19-22-25-27-29-30-31-32-33-34-35-36-37-39-41-44-47-50-53-56-59-65(68)71-62-63(61-70-64(67)58-55-52-49-46-43-40-24-21-18-15-12-9-6-3)72-66(69)60-57-54-51-48-45-42-38-28-26-23-20-17-14-11-8-5-2/h7,9-10,12,16,18-21,23,25,27-28,30-31,33-34,38,40,43,63H,4-6,8,11,13-15,17,22,24,26,29,32,35-37,39,41-42,44-62H2,1-3H3/b10-7-,12-9-,19-16-,21-18-,23-20-,27-25-,31-30-,34-33-,38-28-,43-40-. The van der Waals surface area contributed by atoms with Gasteiger partial charge in [-0.15, -0.1) is 0 Å². The van der Waals surface area contributed by atoms with Crippen molar-refractivity contribution >= 4 is 17.9 Å². The van der Waals surface area contributed by atoms with Gasteiger partial charge < -0.3 is 14.2 Å². The molecule has 6 heteroatoms. The molecule has 6 nitrogen and oxygen atoms in total. The highest BCUT2D eigenvalue weighted by atomic mass is 16.6. The van der Waals surface area contributed by atoms with Crippen LogP contribution in [0.25, 0.3) is 0 Å². The van der Waals surface area contributed by atoms with Crippen LogP contribution in [0.4, 0.5) is 0 Å². The first-order chi connectivity index (χ1) is 35.5. The van der Waals surface area contributed by atoms with Crippen LogP contribution in [0.1, 0.15) is 258 Å². The molecular weight excluding hydrogens is 889 g/mol. The zero-order valence-corrected chi connectivity index (χ0v) is 46.7. The van der Waals surface area contributed by atoms with E-state index in [0.717, 1.165) is 148 Å². The second-order valence-electron chi connectivity index (χ2n) is 19.1. The van der Waals surface area contributed by atoms with E-state index in [9.17, 15) is 14.4 Å². The molecule has 0 fully saturated rings. The lowest BCUT2D eigenvalue weighted by molar-refractivity contribution is -0.167. The molecule has 0 aromatic rings. The summed E-state index contributed by atoms with van der Waals surface area (Å²) in [5.41, 5.74) is 0. The second kappa shape index (κ2) is 59.4. The van der Waals surface area contributed by atoms with Crippen LogP contribution in [-0.2, 0) is 28.6 Å². The van der Waals surface area contributed by atoms with Gasteiger partial charge in [0.2, 0.25) is 0 Å². The summed E-state index contributed by atoms with van der Waals surface area (Å²) in [6.07, 6.45) is 81.9. The lowest BCUT2D eigenvalue weighted by Gasteiger charge is -2.18. The van der Waals surface area contributed by atoms with Crippen LogP contribution in [0.3, 0.4) is 0 Å². The zero-order valence-electron chi connectivity index (χ0n) is 46.7. The van der Waals surface area contributed by atoms with E-state index in [-0.39, 0.29) is 31.1 Å². The average molecular weight is 998 g/mol. The summed E-state index contributed by atoms with van der Waals surface area (Å²) in [5.74, 6) is -0.950. The summed E-state index contributed by atoms with van der Waals surface area (Å²) in [4.78, 5) is 38.2. The first-order valence-electron chi connectivity index (χ1n) is 29.5. The largest absolute Gasteiger partial charge is 0.462 e. The third-order valence-electron chi connectivity index (χ3n) is 12.2. The van der Waals surface area contributed by atoms with Gasteiger partial charge in [-0.05, 0) is 128 Å². The van der Waals surface area contributed by atoms with Crippen LogP contribution in [0, 0.1) is 0 Å². The molecule has 0 bridgehead atoms. The van der Waals surface area contributed by atoms with Gasteiger partial charge in [-0.2, -0.15) is 0 Å². The van der Waals surface area contributed by atoms with E-state index in [1.807, 2.05) is 0 Å². The molecule has 1 unspecified atom stereocenters. The van der Waals surface area contributed by atoms with Crippen molar-refractivity contribution in [2.24, 2.45) is 0 Å². The van der Waals surface area contributed by atoms with Crippen molar-refractivity contribution in [3.63, 3.8) is 0 Å². The van der Waals surface area contributed by atoms with Gasteiger partial charge in [0, 0.05) is 19.3 Å². The molecule has 0 rings (SSSR count). The summed E-state index contributed by atoms with van der Waals surface area (Å²) in [7, 11) is 0. The third kappa shape index (κ3) is 56.7. The zero-order chi connectivity index (χ0) is 52.2. The van der Waals surface area contributed by atoms with Crippen molar-refractivity contribution in [2.75, 3.05) is 13.2 Å². The fraction of sp³-hybridized carbons (Fsp3) is 0.652. The fourth-order valence-corrected chi connectivity index (χ4v) is 7.81. The molecule has 0 saturated carbocycles. The Bertz CT molecular complexity index is 1520. The number of allylic oxidation sites excluding steroid dienone is 20. The molecule has 0 saturated heterocycles. The highest BCUT2D eigenvalue weighted by Gasteiger charge is 2.19. The molecule has 0 aromatic carbocycles. The Hall–Kier alpha value is -4.19. The Balaban J connectivity index is 4.38. The van der Waals surface area contributed by atoms with Crippen molar-refractivity contribution in [1.82, 2.24) is 0 Å². The number of carbonyl (C=O) groups excluding carboxylic acids is 3. The van der Waals surface area contributed by atoms with Crippen molar-refractivity contribution < 1.29 is 28.6 Å². The minimum absolute atomic E-state index is 0.0990. The molecule has 0 aliphatic heterocycles. The van der Waals surface area contributed by atoms with Crippen LogP contribution in [0.15, 0.2) is 122 Å². The van der Waals surface area contributed by atoms with E-state index in [4.69, 9.17) is 14.2 Å². The predicted molar refractivity (Wildman–Crippen MR) is 311 cm³/mol. The van der Waals surface area contributed by atoms with Gasteiger partial charge >= 0.3 is 17.9 Å². The molecule has 72 heavy (non-hydrogen) atoms. The maximum absolute atomic E-state index is 12.9. The number of rotatable bonds is 52. The lowest BCUT2D eigenvalue weighted by atomic mass is 10.1. The molecule has 0 radical (unpaired) electrons. The minimum atomic E-state index is -0.804. The van der Waals surface area contributed by atoms with E-state index in [1.165, 1.54) is 70.6 Å². The van der Waals surface area contributed by atoms with Gasteiger partial charge in [-0.1, -0.05) is 232 Å². The summed E-state index contributed by atoms with van der Waals surface area (Å²) < 4.78 is 16.8. The average Bonchev–Trinajstić information content (AvgIpc) is 3.38. The summed E-state index contributed by atoms with van der Waals surface area (Å²) >= 11 is 0. The van der Waals surface area contributed by atoms with Crippen LogP contribution >= 0.6 is 0 Å². The van der Waals surface area contributed by atoms with Gasteiger partial charge in [-0.3, -0.25) is 14.4 Å². The molecule has 408 valence electrons. The number of hydrogen-bond donors (Lipinski definition) is 0. The SMILES string of the molecule is CC/C=C\C/C=C\C/C=C\C/C=C\C/C=C\CCCCCCCCCCCC(=O)OCC(COC(=O)CCCCC/C=C\C/C=C\C/C=C\CC)OC(=O)CCCCCCC/C=C\C/C=C\CCCCCC. The van der Waals surface area contributed by atoms with Gasteiger partial charge in [0.1, 0.15) is 13.2 Å². The molecule has 0 N–H and O–H groups in total. The molecule has 0 spiro atoms. The van der Waals surface area contributed by atoms with Gasteiger partial charge in [0.25, 0.3) is 0 Å². The normalized spacial score (nSPS) is 13.0. The van der Waals surface area contributed by atoms with E-state index < -0.39 is 6.10 Å². The number of unbranched alkanes of at least 4 members (excludes halogenated alkanes) is 21. The number of hydrogen-bond acceptors (Lipinski definition) is 6. The molecule has 0 amide bonds. The summed E-state index contributed by atoms with van der Waals surface area (Å²) in [6.45, 7) is 6.35. The van der Waals surface area contributed by atoms with E-state index in [0.29, 0.717) is 19.3 Å². The topological polar surface area (TPSA) is 78.9 Å². The lowest BCUT2D eigenvalue weighted by Crippen LogP contribution is -2.30. The van der Waals surface area contributed by atoms with Gasteiger partial charge in [0.05, 0.1) is 0 Å². The van der Waals surface area contributed by atoms with Crippen molar-refractivity contribution in [2.45, 2.75) is 264 Å². The number of esters is 3. The monoisotopic (exact) mass is 997 g/mol. The quantitative estimate of drug-likeness (QED) is 0.0261. The van der Waals surface area contributed by atoms with Crippen molar-refractivity contribution in [3.05, 3.63) is 122 Å². The molecular formula is C66H108O6. The van der Waals surface area contributed by atoms with E-state index in [2.05, 4.69) is 142 Å². The Labute approximate surface area is 443 Å². The van der Waals surface area contributed by atoms with Crippen LogP contribution in [0.5, 0.6) is 0 Å². The molecule has 0 aliphatic carbocycles. The highest BCUT2D eigenvalue weighted by molar-refractivity contribution is 5.71. The minimum Gasteiger partial charge on any atom is -0.462 e. The Morgan fingerprint density at radius 3 is 0.861 bits per heavy atom. The predicted octanol–water partition coefficient (Wildman–Crippen LogP) is 20.0. The molecule has 0 heterocycles. The van der Waals surface area contributed by atoms with Crippen molar-refractivity contribution in [1.29, 1.82) is 0 Å². The first-order valence-corrected chi connectivity index (χ1v) is 29.5. The van der Waals surface area contributed by atoms with E-state index in [1.54, 1.807) is 0 Å². The maximum atomic E-state index is 12.9. The maximum Gasteiger partial charge on any atom is 0.306 e. The van der Waals surface area contributed by atoms with Crippen LogP contribution in [-0.4, -0.2) is 37.2 Å². The Kier molecular flexibility index (Phi) is 55.9. The summed E-state index contributed by atoms with van der Waals surface area (Å²) in [5, 5.41) is 0. The van der Waals surface area contributed by atoms with Crippen molar-refractivity contribution in [3.8, 4) is 0 Å². The molecule has 0 aliphatic rings. The summed E-state index contributed by atoms with van der Waals surface area (Å²) in [6, 6.07) is 0. The Morgan fingerprint density at radius 1 is 0.292 bits per heavy atom. The van der Waals surface area contributed by atoms with Crippen LogP contribution in [0.2, 0.25) is 0 Å². The highest BCUT2D eigenvalue weighted by Crippen LogP contribution is 2.14. The van der Waals surface area contributed by atoms with Gasteiger partial charge in [-0.25, -0.2) is 0 Å². The fourth-order valence-electron chi connectivity index (χ4n) is 7.81. The molecule has 0 aromatic heterocycles. The Morgan fingerprint density at radius 2 is 0.542 bits per heavy atom. The van der Waals surface area contributed by atoms with E-state index >= 15 is 0 Å². The molecule has 1 atom stereocenters.